The predicted octanol–water partition coefficient (Wildman–Crippen LogP) is 0.767. The standard InChI is InChI=1S/C8H15N3O2/c1-2-5-10-6-3-4-9-8(10)7-11(12)13/h7,9H,2-6H2,1H3. The van der Waals surface area contributed by atoms with Gasteiger partial charge in [0.15, 0.2) is 5.82 Å². The van der Waals surface area contributed by atoms with Crippen molar-refractivity contribution >= 4 is 0 Å². The van der Waals surface area contributed by atoms with Crippen LogP contribution in [0.2, 0.25) is 0 Å². The first-order chi connectivity index (χ1) is 6.24. The Morgan fingerprint density at radius 1 is 1.77 bits per heavy atom. The van der Waals surface area contributed by atoms with Crippen LogP contribution >= 0.6 is 0 Å². The molecule has 5 nitrogen and oxygen atoms in total. The molecule has 74 valence electrons. The highest BCUT2D eigenvalue weighted by molar-refractivity contribution is 4.97. The molecule has 5 heteroatoms. The summed E-state index contributed by atoms with van der Waals surface area (Å²) in [5.41, 5.74) is 0. The Morgan fingerprint density at radius 3 is 3.15 bits per heavy atom. The maximum absolute atomic E-state index is 10.3. The first kappa shape index (κ1) is 9.83. The van der Waals surface area contributed by atoms with Gasteiger partial charge >= 0.3 is 0 Å². The van der Waals surface area contributed by atoms with Crippen LogP contribution in [0, 0.1) is 10.1 Å². The minimum atomic E-state index is -0.406. The minimum absolute atomic E-state index is 0.406. The van der Waals surface area contributed by atoms with E-state index in [0.717, 1.165) is 38.7 Å². The fourth-order valence-corrected chi connectivity index (χ4v) is 1.45. The SMILES string of the molecule is CCCN1CCCNC1=C[N+](=O)[O-]. The lowest BCUT2D eigenvalue weighted by atomic mass is 10.3. The van der Waals surface area contributed by atoms with Crippen molar-refractivity contribution < 1.29 is 4.92 Å². The quantitative estimate of drug-likeness (QED) is 0.521. The smallest absolute Gasteiger partial charge is 0.274 e. The van der Waals surface area contributed by atoms with Gasteiger partial charge in [0.1, 0.15) is 0 Å². The summed E-state index contributed by atoms with van der Waals surface area (Å²) in [6, 6.07) is 0. The van der Waals surface area contributed by atoms with Gasteiger partial charge in [-0.3, -0.25) is 10.1 Å². The highest BCUT2D eigenvalue weighted by Crippen LogP contribution is 2.08. The summed E-state index contributed by atoms with van der Waals surface area (Å²) in [6.45, 7) is 4.70. The van der Waals surface area contributed by atoms with Crippen molar-refractivity contribution in [1.82, 2.24) is 10.2 Å². The van der Waals surface area contributed by atoms with Crippen molar-refractivity contribution in [2.45, 2.75) is 19.8 Å². The van der Waals surface area contributed by atoms with E-state index >= 15 is 0 Å². The molecule has 0 unspecified atom stereocenters. The molecule has 1 heterocycles. The summed E-state index contributed by atoms with van der Waals surface area (Å²) < 4.78 is 0. The lowest BCUT2D eigenvalue weighted by molar-refractivity contribution is -0.404. The van der Waals surface area contributed by atoms with E-state index in [1.165, 1.54) is 0 Å². The molecule has 1 N–H and O–H groups in total. The van der Waals surface area contributed by atoms with Gasteiger partial charge in [0.2, 0.25) is 0 Å². The molecule has 1 aliphatic rings. The van der Waals surface area contributed by atoms with Crippen molar-refractivity contribution in [1.29, 1.82) is 0 Å². The largest absolute Gasteiger partial charge is 0.367 e. The van der Waals surface area contributed by atoms with Crippen molar-refractivity contribution in [2.24, 2.45) is 0 Å². The summed E-state index contributed by atoms with van der Waals surface area (Å²) in [5, 5.41) is 13.3. The van der Waals surface area contributed by atoms with Gasteiger partial charge in [-0.25, -0.2) is 0 Å². The average molecular weight is 185 g/mol. The van der Waals surface area contributed by atoms with Crippen LogP contribution in [0.1, 0.15) is 19.8 Å². The average Bonchev–Trinajstić information content (AvgIpc) is 2.08. The molecular weight excluding hydrogens is 170 g/mol. The Morgan fingerprint density at radius 2 is 2.54 bits per heavy atom. The highest BCUT2D eigenvalue weighted by atomic mass is 16.6. The van der Waals surface area contributed by atoms with Gasteiger partial charge in [-0.1, -0.05) is 6.92 Å². The molecule has 0 saturated carbocycles. The first-order valence-corrected chi connectivity index (χ1v) is 4.58. The molecule has 0 aromatic carbocycles. The van der Waals surface area contributed by atoms with Crippen LogP contribution in [0.15, 0.2) is 12.0 Å². The second-order valence-corrected chi connectivity index (χ2v) is 3.07. The lowest BCUT2D eigenvalue weighted by Gasteiger charge is -2.30. The molecule has 0 aromatic rings. The number of hydrogen-bond acceptors (Lipinski definition) is 4. The summed E-state index contributed by atoms with van der Waals surface area (Å²) in [6.07, 6.45) is 3.11. The molecule has 1 fully saturated rings. The van der Waals surface area contributed by atoms with Crippen molar-refractivity contribution in [2.75, 3.05) is 19.6 Å². The van der Waals surface area contributed by atoms with E-state index in [2.05, 4.69) is 12.2 Å². The Hall–Kier alpha value is -1.26. The van der Waals surface area contributed by atoms with Gasteiger partial charge in [-0.15, -0.1) is 0 Å². The van der Waals surface area contributed by atoms with E-state index in [4.69, 9.17) is 0 Å². The third kappa shape index (κ3) is 2.93. The van der Waals surface area contributed by atoms with Gasteiger partial charge in [-0.2, -0.15) is 0 Å². The van der Waals surface area contributed by atoms with Gasteiger partial charge in [-0.05, 0) is 12.8 Å². The zero-order valence-corrected chi connectivity index (χ0v) is 7.82. The number of hydrogen-bond donors (Lipinski definition) is 1. The zero-order chi connectivity index (χ0) is 9.68. The maximum Gasteiger partial charge on any atom is 0.274 e. The summed E-state index contributed by atoms with van der Waals surface area (Å²) in [5.74, 6) is 0.651. The van der Waals surface area contributed by atoms with Gasteiger partial charge in [0, 0.05) is 19.6 Å². The number of nitro groups is 1. The molecule has 0 radical (unpaired) electrons. The van der Waals surface area contributed by atoms with Crippen LogP contribution in [-0.4, -0.2) is 29.5 Å². The topological polar surface area (TPSA) is 58.4 Å². The second kappa shape index (κ2) is 4.69. The van der Waals surface area contributed by atoms with Gasteiger partial charge in [0.25, 0.3) is 6.20 Å². The lowest BCUT2D eigenvalue weighted by Crippen LogP contribution is -2.40. The van der Waals surface area contributed by atoms with Crippen LogP contribution < -0.4 is 5.32 Å². The Kier molecular flexibility index (Phi) is 3.54. The Balaban J connectivity index is 2.61. The van der Waals surface area contributed by atoms with Gasteiger partial charge < -0.3 is 10.2 Å². The number of nitrogens with one attached hydrogen (secondary N) is 1. The molecule has 0 atom stereocenters. The predicted molar refractivity (Wildman–Crippen MR) is 49.6 cm³/mol. The summed E-state index contributed by atoms with van der Waals surface area (Å²) in [7, 11) is 0. The van der Waals surface area contributed by atoms with E-state index in [-0.39, 0.29) is 0 Å². The van der Waals surface area contributed by atoms with E-state index < -0.39 is 4.92 Å². The molecular formula is C8H15N3O2. The van der Waals surface area contributed by atoms with Crippen LogP contribution in [-0.2, 0) is 0 Å². The minimum Gasteiger partial charge on any atom is -0.367 e. The van der Waals surface area contributed by atoms with Gasteiger partial charge in [0.05, 0.1) is 4.92 Å². The molecule has 0 amide bonds. The fraction of sp³-hybridized carbons (Fsp3) is 0.750. The summed E-state index contributed by atoms with van der Waals surface area (Å²) in [4.78, 5) is 11.9. The summed E-state index contributed by atoms with van der Waals surface area (Å²) >= 11 is 0. The van der Waals surface area contributed by atoms with E-state index in [0.29, 0.717) is 5.82 Å². The number of rotatable bonds is 3. The zero-order valence-electron chi connectivity index (χ0n) is 7.82. The molecule has 0 aliphatic carbocycles. The van der Waals surface area contributed by atoms with E-state index in [1.807, 2.05) is 4.90 Å². The van der Waals surface area contributed by atoms with Crippen LogP contribution in [0.4, 0.5) is 0 Å². The van der Waals surface area contributed by atoms with Crippen LogP contribution in [0.25, 0.3) is 0 Å². The molecule has 0 spiro atoms. The van der Waals surface area contributed by atoms with Crippen molar-refractivity contribution in [3.05, 3.63) is 22.1 Å². The first-order valence-electron chi connectivity index (χ1n) is 4.58. The molecule has 13 heavy (non-hydrogen) atoms. The van der Waals surface area contributed by atoms with Crippen molar-refractivity contribution in [3.8, 4) is 0 Å². The van der Waals surface area contributed by atoms with E-state index in [1.54, 1.807) is 0 Å². The molecule has 1 rings (SSSR count). The monoisotopic (exact) mass is 185 g/mol. The Labute approximate surface area is 77.6 Å². The molecule has 0 aromatic heterocycles. The maximum atomic E-state index is 10.3. The molecule has 1 aliphatic heterocycles. The normalized spacial score (nSPS) is 20.1. The molecule has 0 bridgehead atoms. The van der Waals surface area contributed by atoms with Crippen LogP contribution in [0.3, 0.4) is 0 Å². The molecule has 1 saturated heterocycles. The van der Waals surface area contributed by atoms with E-state index in [9.17, 15) is 10.1 Å². The fourth-order valence-electron chi connectivity index (χ4n) is 1.45. The number of nitrogens with zero attached hydrogens (tertiary/aromatic N) is 2. The second-order valence-electron chi connectivity index (χ2n) is 3.07. The highest BCUT2D eigenvalue weighted by Gasteiger charge is 2.15. The van der Waals surface area contributed by atoms with Crippen LogP contribution in [0.5, 0.6) is 0 Å². The third-order valence-electron chi connectivity index (χ3n) is 1.97. The third-order valence-corrected chi connectivity index (χ3v) is 1.97. The Bertz CT molecular complexity index is 213. The van der Waals surface area contributed by atoms with Crippen molar-refractivity contribution in [3.63, 3.8) is 0 Å².